The molecule has 9 heteroatoms. The van der Waals surface area contributed by atoms with E-state index in [4.69, 9.17) is 5.53 Å². The zero-order chi connectivity index (χ0) is 6.85. The summed E-state index contributed by atoms with van der Waals surface area (Å²) in [4.78, 5) is 9.20. The molecule has 0 amide bonds. The van der Waals surface area contributed by atoms with Gasteiger partial charge in [-0.25, -0.2) is 0 Å². The molecule has 50 valence electrons. The van der Waals surface area contributed by atoms with Crippen LogP contribution in [0.25, 0.3) is 0 Å². The van der Waals surface area contributed by atoms with Gasteiger partial charge >= 0.3 is 60.1 Å². The van der Waals surface area contributed by atoms with Gasteiger partial charge in [0.1, 0.15) is 0 Å². The molecule has 0 aromatic carbocycles. The van der Waals surface area contributed by atoms with Gasteiger partial charge in [-0.15, -0.1) is 5.53 Å². The molecule has 8 nitrogen and oxygen atoms in total. The zero-order valence-electron chi connectivity index (χ0n) is 4.05. The van der Waals surface area contributed by atoms with Gasteiger partial charge < -0.3 is 10.1 Å². The number of nitrogens with zero attached hydrogens (tertiary/aromatic N) is 5. The van der Waals surface area contributed by atoms with Crippen molar-refractivity contribution in [2.75, 3.05) is 0 Å². The van der Waals surface area contributed by atoms with Crippen LogP contribution >= 0.6 is 0 Å². The van der Waals surface area contributed by atoms with E-state index in [0.717, 1.165) is 0 Å². The van der Waals surface area contributed by atoms with E-state index >= 15 is 0 Å². The molecule has 1 N–H and O–H groups in total. The SMILES string of the molecule is N=[N+]1N=NN=C1[N+](=O)[O-].[BaH2]. The average molecular weight is 268 g/mol. The summed E-state index contributed by atoms with van der Waals surface area (Å²) in [6, 6.07) is 0. The third-order valence-corrected chi connectivity index (χ3v) is 0.616. The van der Waals surface area contributed by atoms with Crippen molar-refractivity contribution in [3.05, 3.63) is 10.1 Å². The van der Waals surface area contributed by atoms with Gasteiger partial charge in [-0.1, -0.05) is 0 Å². The molecule has 0 aromatic heterocycles. The van der Waals surface area contributed by atoms with Crippen molar-refractivity contribution < 1.29 is 9.73 Å². The molecule has 1 rings (SSSR count). The average Bonchev–Trinajstić information content (AvgIpc) is 2.13. The van der Waals surface area contributed by atoms with Gasteiger partial charge in [0.2, 0.25) is 5.22 Å². The normalized spacial score (nSPS) is 14.4. The fourth-order valence-corrected chi connectivity index (χ4v) is 0.296. The standard InChI is InChI=1S/CHN6O2.Ba.2H/c2-6-1(7(8)9)3-4-5-6;;;/h2H;;;/q+1;;;. The van der Waals surface area contributed by atoms with Crippen LogP contribution in [0.5, 0.6) is 0 Å². The summed E-state index contributed by atoms with van der Waals surface area (Å²) >= 11 is 0. The van der Waals surface area contributed by atoms with Gasteiger partial charge in [-0.05, 0) is 0 Å². The third-order valence-electron chi connectivity index (χ3n) is 0.616. The Morgan fingerprint density at radius 1 is 1.70 bits per heavy atom. The maximum atomic E-state index is 9.81. The topological polar surface area (TPSA) is 107 Å². The van der Waals surface area contributed by atoms with Gasteiger partial charge in [-0.3, -0.25) is 0 Å². The number of nitrogens with one attached hydrogen (secondary N) is 1. The molecular formula is CH3BaN6O2+. The van der Waals surface area contributed by atoms with Crippen LogP contribution in [-0.4, -0.2) is 64.6 Å². The summed E-state index contributed by atoms with van der Waals surface area (Å²) in [6.45, 7) is 0. The molecule has 0 aromatic rings. The number of nitro groups is 1. The summed E-state index contributed by atoms with van der Waals surface area (Å²) in [5.74, 6) is -0.685. The van der Waals surface area contributed by atoms with Gasteiger partial charge in [0.25, 0.3) is 5.10 Å². The van der Waals surface area contributed by atoms with Crippen molar-refractivity contribution in [3.8, 4) is 0 Å². The van der Waals surface area contributed by atoms with E-state index in [2.05, 4.69) is 15.5 Å². The van der Waals surface area contributed by atoms with Crippen LogP contribution in [0.3, 0.4) is 0 Å². The first kappa shape index (κ1) is 9.84. The first-order valence-corrected chi connectivity index (χ1v) is 1.86. The van der Waals surface area contributed by atoms with Crippen molar-refractivity contribution in [2.45, 2.75) is 0 Å². The summed E-state index contributed by atoms with van der Waals surface area (Å²) in [5.41, 5.74) is 6.62. The number of guanidine groups is 1. The van der Waals surface area contributed by atoms with Crippen molar-refractivity contribution >= 4 is 54.8 Å². The summed E-state index contributed by atoms with van der Waals surface area (Å²) in [5, 5.41) is 18.5. The van der Waals surface area contributed by atoms with Crippen molar-refractivity contribution in [1.29, 1.82) is 5.53 Å². The van der Waals surface area contributed by atoms with E-state index < -0.39 is 10.9 Å². The molecule has 0 aliphatic carbocycles. The Morgan fingerprint density at radius 2 is 2.30 bits per heavy atom. The molecule has 0 unspecified atom stereocenters. The second-order valence-corrected chi connectivity index (χ2v) is 1.15. The summed E-state index contributed by atoms with van der Waals surface area (Å²) < 4.78 is 0. The predicted molar refractivity (Wildman–Crippen MR) is 30.8 cm³/mol. The Hall–Kier alpha value is -0.159. The number of hydrogen-bond acceptors (Lipinski definition) is 5. The zero-order valence-corrected chi connectivity index (χ0v) is 4.05. The van der Waals surface area contributed by atoms with Crippen molar-refractivity contribution in [3.63, 3.8) is 0 Å². The van der Waals surface area contributed by atoms with Gasteiger partial charge in [0.15, 0.2) is 0 Å². The molecule has 0 spiro atoms. The van der Waals surface area contributed by atoms with Crippen molar-refractivity contribution in [2.24, 2.45) is 15.5 Å². The minimum absolute atomic E-state index is 0. The molecule has 0 radical (unpaired) electrons. The molecule has 0 atom stereocenters. The van der Waals surface area contributed by atoms with Crippen LogP contribution < -0.4 is 0 Å². The molecular weight excluding hydrogens is 265 g/mol. The van der Waals surface area contributed by atoms with E-state index in [9.17, 15) is 10.1 Å². The Kier molecular flexibility index (Phi) is 3.82. The van der Waals surface area contributed by atoms with Crippen LogP contribution in [0.1, 0.15) is 0 Å². The monoisotopic (exact) mass is 269 g/mol. The molecule has 0 saturated heterocycles. The van der Waals surface area contributed by atoms with E-state index in [1.807, 2.05) is 0 Å². The number of rotatable bonds is 0. The van der Waals surface area contributed by atoms with Gasteiger partial charge in [0.05, 0.1) is 4.81 Å². The summed E-state index contributed by atoms with van der Waals surface area (Å²) in [7, 11) is 0. The molecule has 1 aliphatic rings. The Balaban J connectivity index is 0.000000810. The quantitative estimate of drug-likeness (QED) is 0.264. The van der Waals surface area contributed by atoms with Crippen LogP contribution in [0, 0.1) is 15.6 Å². The molecule has 0 bridgehead atoms. The minimum atomic E-state index is -0.840. The van der Waals surface area contributed by atoms with Crippen molar-refractivity contribution in [1.82, 2.24) is 0 Å². The molecule has 0 saturated carbocycles. The maximum absolute atomic E-state index is 9.81. The fraction of sp³-hybridized carbons (Fsp3) is 0. The molecule has 10 heavy (non-hydrogen) atoms. The van der Waals surface area contributed by atoms with E-state index in [-0.39, 0.29) is 53.7 Å². The molecule has 1 heterocycles. The van der Waals surface area contributed by atoms with Crippen LogP contribution in [0.4, 0.5) is 0 Å². The molecule has 1 aliphatic heterocycles. The fourth-order valence-electron chi connectivity index (χ4n) is 0.296. The van der Waals surface area contributed by atoms with Gasteiger partial charge in [-0.2, -0.15) is 0 Å². The Bertz CT molecular complexity index is 230. The third kappa shape index (κ3) is 1.92. The first-order valence-electron chi connectivity index (χ1n) is 1.86. The van der Waals surface area contributed by atoms with Crippen LogP contribution in [0.2, 0.25) is 0 Å². The van der Waals surface area contributed by atoms with Crippen LogP contribution in [-0.2, 0) is 0 Å². The van der Waals surface area contributed by atoms with E-state index in [1.54, 1.807) is 0 Å². The Labute approximate surface area is 94.7 Å². The van der Waals surface area contributed by atoms with Crippen LogP contribution in [0.15, 0.2) is 15.5 Å². The number of hydrogen-bond donors (Lipinski definition) is 1. The van der Waals surface area contributed by atoms with Gasteiger partial charge in [0, 0.05) is 4.92 Å². The predicted octanol–water partition coefficient (Wildman–Crippen LogP) is -0.958. The first-order chi connectivity index (χ1) is 4.22. The second-order valence-electron chi connectivity index (χ2n) is 1.15. The second kappa shape index (κ2) is 3.88. The molecule has 0 fully saturated rings. The summed E-state index contributed by atoms with van der Waals surface area (Å²) in [6.07, 6.45) is 0. The van der Waals surface area contributed by atoms with E-state index in [0.29, 0.717) is 0 Å². The Morgan fingerprint density at radius 3 is 2.50 bits per heavy atom. The van der Waals surface area contributed by atoms with E-state index in [1.165, 1.54) is 0 Å².